The zero-order chi connectivity index (χ0) is 30.5. The van der Waals surface area contributed by atoms with Gasteiger partial charge in [0.2, 0.25) is 5.69 Å². The van der Waals surface area contributed by atoms with E-state index in [2.05, 4.69) is 121 Å². The maximum atomic E-state index is 11.1. The Labute approximate surface area is 264 Å². The summed E-state index contributed by atoms with van der Waals surface area (Å²) in [5.74, 6) is 1.26. The SMILES string of the molecule is CCN(CC)c1ccc(C=CC2=[N+](CCCCC3CCCC3)c3ccc4ccccc4c3C2(C)Cc2ccccc2)c(O)c1. The van der Waals surface area contributed by atoms with Crippen molar-refractivity contribution in [2.45, 2.75) is 77.6 Å². The van der Waals surface area contributed by atoms with Gasteiger partial charge in [0.05, 0.1) is 5.41 Å². The predicted molar refractivity (Wildman–Crippen MR) is 188 cm³/mol. The third-order valence-corrected chi connectivity index (χ3v) is 10.3. The number of allylic oxidation sites excluding steroid dienone is 1. The van der Waals surface area contributed by atoms with Gasteiger partial charge in [0, 0.05) is 54.5 Å². The van der Waals surface area contributed by atoms with Gasteiger partial charge in [0.1, 0.15) is 12.3 Å². The fraction of sp³-hybridized carbons (Fsp3) is 0.390. The smallest absolute Gasteiger partial charge is 0.210 e. The molecule has 0 spiro atoms. The number of nitrogens with zero attached hydrogens (tertiary/aromatic N) is 2. The van der Waals surface area contributed by atoms with Gasteiger partial charge in [0.15, 0.2) is 5.71 Å². The molecular formula is C41H49N2O+. The van der Waals surface area contributed by atoms with Crippen LogP contribution in [0.4, 0.5) is 11.4 Å². The molecule has 3 heteroatoms. The molecule has 1 aliphatic heterocycles. The van der Waals surface area contributed by atoms with Gasteiger partial charge in [-0.3, -0.25) is 0 Å². The molecule has 0 bridgehead atoms. The Balaban J connectivity index is 1.43. The van der Waals surface area contributed by atoms with Gasteiger partial charge in [-0.15, -0.1) is 0 Å². The van der Waals surface area contributed by atoms with E-state index < -0.39 is 0 Å². The van der Waals surface area contributed by atoms with Crippen LogP contribution in [0.5, 0.6) is 5.75 Å². The third-order valence-electron chi connectivity index (χ3n) is 10.3. The van der Waals surface area contributed by atoms with Crippen molar-refractivity contribution in [3.8, 4) is 5.75 Å². The van der Waals surface area contributed by atoms with Crippen molar-refractivity contribution in [2.24, 2.45) is 5.92 Å². The van der Waals surface area contributed by atoms with E-state index >= 15 is 0 Å². The largest absolute Gasteiger partial charge is 0.507 e. The molecule has 44 heavy (non-hydrogen) atoms. The minimum absolute atomic E-state index is 0.226. The molecule has 1 aliphatic carbocycles. The lowest BCUT2D eigenvalue weighted by Gasteiger charge is -2.24. The maximum Gasteiger partial charge on any atom is 0.210 e. The van der Waals surface area contributed by atoms with Crippen molar-refractivity contribution in [2.75, 3.05) is 24.5 Å². The molecule has 4 aromatic carbocycles. The lowest BCUT2D eigenvalue weighted by molar-refractivity contribution is -0.438. The molecule has 1 unspecified atom stereocenters. The van der Waals surface area contributed by atoms with E-state index in [1.54, 1.807) is 0 Å². The average Bonchev–Trinajstić information content (AvgIpc) is 3.64. The Kier molecular flexibility index (Phi) is 9.21. The molecular weight excluding hydrogens is 536 g/mol. The lowest BCUT2D eigenvalue weighted by Crippen LogP contribution is -2.34. The summed E-state index contributed by atoms with van der Waals surface area (Å²) >= 11 is 0. The van der Waals surface area contributed by atoms with Crippen molar-refractivity contribution >= 4 is 33.9 Å². The average molecular weight is 586 g/mol. The molecule has 1 fully saturated rings. The number of aromatic hydroxyl groups is 1. The van der Waals surface area contributed by atoms with Gasteiger partial charge in [-0.2, -0.15) is 4.58 Å². The number of phenols is 1. The summed E-state index contributed by atoms with van der Waals surface area (Å²) in [7, 11) is 0. The van der Waals surface area contributed by atoms with E-state index in [4.69, 9.17) is 0 Å². The molecule has 6 rings (SSSR count). The van der Waals surface area contributed by atoms with Gasteiger partial charge in [-0.1, -0.05) is 86.7 Å². The fourth-order valence-electron chi connectivity index (χ4n) is 7.95. The number of fused-ring (bicyclic) bond motifs is 3. The van der Waals surface area contributed by atoms with E-state index in [-0.39, 0.29) is 5.41 Å². The van der Waals surface area contributed by atoms with E-state index in [9.17, 15) is 5.11 Å². The number of unbranched alkanes of at least 4 members (excludes halogenated alkanes) is 1. The standard InChI is InChI=1S/C41H48N2O/c1-4-42(5-2)35-25-22-34(38(44)29-35)24-27-39-41(3,30-32-18-7-6-8-19-32)40-36-21-12-11-20-33(36)23-26-37(40)43(39)28-14-13-17-31-15-9-10-16-31/h6-8,11-12,18-27,29,31H,4-5,9-10,13-17,28,30H2,1-3H3/p+1. The van der Waals surface area contributed by atoms with Crippen LogP contribution in [-0.4, -0.2) is 35.0 Å². The summed E-state index contributed by atoms with van der Waals surface area (Å²) in [6, 6.07) is 30.6. The molecule has 0 saturated heterocycles. The first-order valence-electron chi connectivity index (χ1n) is 17.0. The number of phenolic OH excluding ortho intramolecular Hbond substituents is 1. The summed E-state index contributed by atoms with van der Waals surface area (Å²) < 4.78 is 2.61. The van der Waals surface area contributed by atoms with Crippen molar-refractivity contribution in [1.82, 2.24) is 0 Å². The van der Waals surface area contributed by atoms with Crippen molar-refractivity contribution in [3.63, 3.8) is 0 Å². The first-order chi connectivity index (χ1) is 21.5. The molecule has 2 aliphatic rings. The van der Waals surface area contributed by atoms with Crippen LogP contribution >= 0.6 is 0 Å². The van der Waals surface area contributed by atoms with Crippen molar-refractivity contribution in [1.29, 1.82) is 0 Å². The Hall–Kier alpha value is -3.85. The van der Waals surface area contributed by atoms with Crippen LogP contribution in [0.25, 0.3) is 16.8 Å². The zero-order valence-corrected chi connectivity index (χ0v) is 26.9. The van der Waals surface area contributed by atoms with Crippen molar-refractivity contribution in [3.05, 3.63) is 108 Å². The molecule has 0 aromatic heterocycles. The Bertz CT molecular complexity index is 1640. The van der Waals surface area contributed by atoms with Crippen LogP contribution in [-0.2, 0) is 11.8 Å². The maximum absolute atomic E-state index is 11.1. The molecule has 3 nitrogen and oxygen atoms in total. The molecule has 0 amide bonds. The highest BCUT2D eigenvalue weighted by Crippen LogP contribution is 2.46. The van der Waals surface area contributed by atoms with Crippen LogP contribution in [0, 0.1) is 5.92 Å². The van der Waals surface area contributed by atoms with Gasteiger partial charge >= 0.3 is 0 Å². The van der Waals surface area contributed by atoms with Gasteiger partial charge in [-0.25, -0.2) is 0 Å². The number of hydrogen-bond acceptors (Lipinski definition) is 2. The first kappa shape index (κ1) is 30.2. The molecule has 1 atom stereocenters. The number of rotatable bonds is 12. The predicted octanol–water partition coefficient (Wildman–Crippen LogP) is 10.1. The highest BCUT2D eigenvalue weighted by Gasteiger charge is 2.48. The fourth-order valence-corrected chi connectivity index (χ4v) is 7.95. The molecule has 1 N–H and O–H groups in total. The third kappa shape index (κ3) is 6.07. The van der Waals surface area contributed by atoms with Crippen LogP contribution in [0.2, 0.25) is 0 Å². The summed E-state index contributed by atoms with van der Waals surface area (Å²) in [5.41, 5.74) is 7.12. The van der Waals surface area contributed by atoms with Gasteiger partial charge < -0.3 is 10.0 Å². The van der Waals surface area contributed by atoms with E-state index in [1.165, 1.54) is 78.2 Å². The van der Waals surface area contributed by atoms with Crippen molar-refractivity contribution < 1.29 is 9.68 Å². The number of benzene rings is 4. The van der Waals surface area contributed by atoms with E-state index in [1.807, 2.05) is 6.07 Å². The van der Waals surface area contributed by atoms with E-state index in [0.717, 1.165) is 43.2 Å². The summed E-state index contributed by atoms with van der Waals surface area (Å²) in [4.78, 5) is 2.27. The van der Waals surface area contributed by atoms with Gasteiger partial charge in [0.25, 0.3) is 0 Å². The Morgan fingerprint density at radius 3 is 2.36 bits per heavy atom. The number of anilines is 1. The minimum atomic E-state index is -0.226. The molecule has 0 radical (unpaired) electrons. The topological polar surface area (TPSA) is 26.5 Å². The second-order valence-electron chi connectivity index (χ2n) is 13.1. The van der Waals surface area contributed by atoms with Crippen LogP contribution in [0.15, 0.2) is 91.0 Å². The van der Waals surface area contributed by atoms with Crippen LogP contribution in [0.1, 0.15) is 82.4 Å². The first-order valence-corrected chi connectivity index (χ1v) is 17.0. The minimum Gasteiger partial charge on any atom is -0.507 e. The summed E-state index contributed by atoms with van der Waals surface area (Å²) in [6.07, 6.45) is 14.9. The molecule has 1 heterocycles. The summed E-state index contributed by atoms with van der Waals surface area (Å²) in [5, 5.41) is 13.8. The quantitative estimate of drug-likeness (QED) is 0.132. The highest BCUT2D eigenvalue weighted by atomic mass is 16.3. The number of hydrogen-bond donors (Lipinski definition) is 1. The van der Waals surface area contributed by atoms with Crippen LogP contribution < -0.4 is 4.90 Å². The second-order valence-corrected chi connectivity index (χ2v) is 13.1. The molecule has 1 saturated carbocycles. The Morgan fingerprint density at radius 1 is 0.864 bits per heavy atom. The summed E-state index contributed by atoms with van der Waals surface area (Å²) in [6.45, 7) is 9.60. The monoisotopic (exact) mass is 585 g/mol. The zero-order valence-electron chi connectivity index (χ0n) is 26.9. The normalized spacial score (nSPS) is 18.5. The highest BCUT2D eigenvalue weighted by molar-refractivity contribution is 6.09. The molecule has 228 valence electrons. The van der Waals surface area contributed by atoms with Gasteiger partial charge in [-0.05, 0) is 80.1 Å². The Morgan fingerprint density at radius 2 is 1.61 bits per heavy atom. The van der Waals surface area contributed by atoms with Crippen LogP contribution in [0.3, 0.4) is 0 Å². The molecule has 4 aromatic rings. The van der Waals surface area contributed by atoms with E-state index in [0.29, 0.717) is 5.75 Å². The lowest BCUT2D eigenvalue weighted by atomic mass is 9.73. The second kappa shape index (κ2) is 13.4.